The molecule has 2 rings (SSSR count). The van der Waals surface area contributed by atoms with Crippen molar-refractivity contribution < 1.29 is 35.5 Å². The largest absolute Gasteiger partial charge is 0.417 e. The number of halogens is 9. The van der Waals surface area contributed by atoms with E-state index in [1.54, 1.807) is 0 Å². The molecular formula is C21H13Cl2F7O. The van der Waals surface area contributed by atoms with Gasteiger partial charge < -0.3 is 0 Å². The minimum absolute atomic E-state index is 0.124. The van der Waals surface area contributed by atoms with Gasteiger partial charge in [0.1, 0.15) is 11.7 Å². The average Bonchev–Trinajstić information content (AvgIpc) is 2.63. The lowest BCUT2D eigenvalue weighted by molar-refractivity contribution is -0.140. The summed E-state index contributed by atoms with van der Waals surface area (Å²) in [6, 6.07) is 3.64. The second-order valence-corrected chi connectivity index (χ2v) is 7.26. The van der Waals surface area contributed by atoms with E-state index in [-0.39, 0.29) is 27.8 Å². The lowest BCUT2D eigenvalue weighted by atomic mass is 9.94. The zero-order valence-electron chi connectivity index (χ0n) is 15.6. The van der Waals surface area contributed by atoms with E-state index in [4.69, 9.17) is 23.2 Å². The summed E-state index contributed by atoms with van der Waals surface area (Å²) in [5.74, 6) is -5.05. The van der Waals surface area contributed by atoms with Crippen LogP contribution in [0, 0.1) is 0 Å². The summed E-state index contributed by atoms with van der Waals surface area (Å²) in [5, 5.41) is -0.323. The van der Waals surface area contributed by atoms with Crippen LogP contribution in [0.5, 0.6) is 0 Å². The standard InChI is InChI=1S/C21H13Cl2F7O/c1-3-13-17(22)7-12(8-18(13)23)15(20(25,26)27)9-19(24)11-4-5-14(10(2)31)16(6-11)21(28,29)30/h3-9,15H,1H2,2H3/b19-9-. The molecule has 1 atom stereocenters. The highest BCUT2D eigenvalue weighted by Crippen LogP contribution is 2.42. The number of alkyl halides is 6. The molecule has 0 heterocycles. The molecule has 31 heavy (non-hydrogen) atoms. The number of rotatable bonds is 5. The Bertz CT molecular complexity index is 1030. The maximum atomic E-state index is 14.7. The van der Waals surface area contributed by atoms with Crippen molar-refractivity contribution in [1.29, 1.82) is 0 Å². The van der Waals surface area contributed by atoms with Crippen LogP contribution in [-0.2, 0) is 6.18 Å². The van der Waals surface area contributed by atoms with E-state index < -0.39 is 52.1 Å². The third-order valence-corrected chi connectivity index (χ3v) is 4.94. The summed E-state index contributed by atoms with van der Waals surface area (Å²) in [6.45, 7) is 4.32. The number of allylic oxidation sites excluding steroid dienone is 1. The molecule has 0 saturated heterocycles. The van der Waals surface area contributed by atoms with Crippen LogP contribution in [0.4, 0.5) is 30.7 Å². The Kier molecular flexibility index (Phi) is 7.28. The van der Waals surface area contributed by atoms with Crippen molar-refractivity contribution >= 4 is 40.9 Å². The molecule has 2 aromatic rings. The Balaban J connectivity index is 2.63. The summed E-state index contributed by atoms with van der Waals surface area (Å²) in [7, 11) is 0. The molecule has 1 unspecified atom stereocenters. The van der Waals surface area contributed by atoms with Gasteiger partial charge in [0.2, 0.25) is 0 Å². The molecule has 0 aliphatic carbocycles. The molecule has 1 nitrogen and oxygen atoms in total. The number of benzene rings is 2. The van der Waals surface area contributed by atoms with E-state index in [0.29, 0.717) is 6.07 Å². The van der Waals surface area contributed by atoms with Gasteiger partial charge in [-0.15, -0.1) is 0 Å². The Morgan fingerprint density at radius 1 is 1.03 bits per heavy atom. The van der Waals surface area contributed by atoms with Crippen LogP contribution in [-0.4, -0.2) is 12.0 Å². The highest BCUT2D eigenvalue weighted by molar-refractivity contribution is 6.37. The van der Waals surface area contributed by atoms with Gasteiger partial charge in [-0.3, -0.25) is 4.79 Å². The van der Waals surface area contributed by atoms with Gasteiger partial charge in [-0.1, -0.05) is 48.0 Å². The van der Waals surface area contributed by atoms with Gasteiger partial charge in [-0.05, 0) is 36.8 Å². The number of hydrogen-bond acceptors (Lipinski definition) is 1. The molecule has 0 radical (unpaired) electrons. The first-order valence-electron chi connectivity index (χ1n) is 8.44. The lowest BCUT2D eigenvalue weighted by Crippen LogP contribution is -2.19. The minimum Gasteiger partial charge on any atom is -0.294 e. The first kappa shape index (κ1) is 24.9. The van der Waals surface area contributed by atoms with Crippen molar-refractivity contribution in [3.8, 4) is 0 Å². The minimum atomic E-state index is -5.01. The van der Waals surface area contributed by atoms with Crippen molar-refractivity contribution in [2.45, 2.75) is 25.2 Å². The highest BCUT2D eigenvalue weighted by atomic mass is 35.5. The number of hydrogen-bond donors (Lipinski definition) is 0. The SMILES string of the molecule is C=Cc1c(Cl)cc(C(/C=C(\F)c2ccc(C(C)=O)c(C(F)(F)F)c2)C(F)(F)F)cc1Cl. The Morgan fingerprint density at radius 3 is 2.00 bits per heavy atom. The topological polar surface area (TPSA) is 17.1 Å². The molecule has 2 aromatic carbocycles. The van der Waals surface area contributed by atoms with Crippen molar-refractivity contribution in [3.63, 3.8) is 0 Å². The molecule has 0 aliphatic heterocycles. The van der Waals surface area contributed by atoms with E-state index in [0.717, 1.165) is 25.1 Å². The van der Waals surface area contributed by atoms with Gasteiger partial charge in [-0.25, -0.2) is 4.39 Å². The van der Waals surface area contributed by atoms with Gasteiger partial charge >= 0.3 is 12.4 Å². The fourth-order valence-electron chi connectivity index (χ4n) is 2.84. The summed E-state index contributed by atoms with van der Waals surface area (Å²) >= 11 is 11.8. The number of ketones is 1. The molecule has 0 saturated carbocycles. The van der Waals surface area contributed by atoms with Gasteiger partial charge in [0.15, 0.2) is 5.78 Å². The fourth-order valence-corrected chi connectivity index (χ4v) is 3.49. The van der Waals surface area contributed by atoms with Gasteiger partial charge in [0, 0.05) is 26.7 Å². The number of carbonyl (C=O) groups is 1. The first-order valence-corrected chi connectivity index (χ1v) is 9.20. The molecule has 0 amide bonds. The number of carbonyl (C=O) groups excluding carboxylic acids is 1. The van der Waals surface area contributed by atoms with Crippen molar-refractivity contribution in [2.75, 3.05) is 0 Å². The molecule has 0 fully saturated rings. The predicted molar refractivity (Wildman–Crippen MR) is 106 cm³/mol. The van der Waals surface area contributed by atoms with Crippen molar-refractivity contribution in [2.24, 2.45) is 0 Å². The van der Waals surface area contributed by atoms with Crippen molar-refractivity contribution in [3.05, 3.63) is 80.8 Å². The Labute approximate surface area is 182 Å². The summed E-state index contributed by atoms with van der Waals surface area (Å²) in [5.41, 5.74) is -3.29. The molecule has 0 spiro atoms. The van der Waals surface area contributed by atoms with Crippen LogP contribution in [0.25, 0.3) is 11.9 Å². The Morgan fingerprint density at radius 2 is 1.58 bits per heavy atom. The molecule has 0 bridgehead atoms. The summed E-state index contributed by atoms with van der Waals surface area (Å²) in [6.07, 6.45) is -8.67. The molecule has 0 aliphatic rings. The zero-order chi connectivity index (χ0) is 23.7. The van der Waals surface area contributed by atoms with Crippen LogP contribution < -0.4 is 0 Å². The van der Waals surface area contributed by atoms with Crippen molar-refractivity contribution in [1.82, 2.24) is 0 Å². The maximum absolute atomic E-state index is 14.7. The Hall–Kier alpha value is -2.32. The predicted octanol–water partition coefficient (Wildman–Crippen LogP) is 8.51. The third kappa shape index (κ3) is 5.68. The zero-order valence-corrected chi connectivity index (χ0v) is 17.1. The second-order valence-electron chi connectivity index (χ2n) is 6.45. The quantitative estimate of drug-likeness (QED) is 0.307. The smallest absolute Gasteiger partial charge is 0.294 e. The second kappa shape index (κ2) is 9.04. The monoisotopic (exact) mass is 484 g/mol. The van der Waals surface area contributed by atoms with Crippen LogP contribution in [0.2, 0.25) is 10.0 Å². The fraction of sp³-hybridized carbons (Fsp3) is 0.190. The molecule has 10 heteroatoms. The van der Waals surface area contributed by atoms with E-state index in [2.05, 4.69) is 6.58 Å². The van der Waals surface area contributed by atoms with Crippen LogP contribution in [0.1, 0.15) is 45.5 Å². The average molecular weight is 485 g/mol. The van der Waals surface area contributed by atoms with Gasteiger partial charge in [0.05, 0.1) is 5.56 Å². The first-order chi connectivity index (χ1) is 14.2. The molecule has 166 valence electrons. The molecular weight excluding hydrogens is 472 g/mol. The number of Topliss-reactive ketones (excluding diaryl/α,β-unsaturated/α-hetero) is 1. The lowest BCUT2D eigenvalue weighted by Gasteiger charge is -2.19. The summed E-state index contributed by atoms with van der Waals surface area (Å²) < 4.78 is 95.2. The maximum Gasteiger partial charge on any atom is 0.417 e. The van der Waals surface area contributed by atoms with Crippen LogP contribution in [0.15, 0.2) is 43.0 Å². The molecule has 0 aromatic heterocycles. The molecule has 0 N–H and O–H groups in total. The van der Waals surface area contributed by atoms with E-state index in [9.17, 15) is 35.5 Å². The van der Waals surface area contributed by atoms with E-state index in [1.807, 2.05) is 0 Å². The van der Waals surface area contributed by atoms with E-state index in [1.165, 1.54) is 6.08 Å². The third-order valence-electron chi connectivity index (χ3n) is 4.31. The highest BCUT2D eigenvalue weighted by Gasteiger charge is 2.41. The van der Waals surface area contributed by atoms with E-state index >= 15 is 0 Å². The van der Waals surface area contributed by atoms with Crippen LogP contribution in [0.3, 0.4) is 0 Å². The summed E-state index contributed by atoms with van der Waals surface area (Å²) in [4.78, 5) is 11.4. The van der Waals surface area contributed by atoms with Gasteiger partial charge in [0.25, 0.3) is 0 Å². The van der Waals surface area contributed by atoms with Gasteiger partial charge in [-0.2, -0.15) is 26.3 Å². The normalized spacial score (nSPS) is 13.8. The van der Waals surface area contributed by atoms with Crippen LogP contribution >= 0.6 is 23.2 Å².